The van der Waals surface area contributed by atoms with Gasteiger partial charge in [0.1, 0.15) is 24.4 Å². The number of hydrogen-bond acceptors (Lipinski definition) is 4. The van der Waals surface area contributed by atoms with E-state index in [-0.39, 0.29) is 12.4 Å². The van der Waals surface area contributed by atoms with Gasteiger partial charge in [-0.3, -0.25) is 0 Å². The van der Waals surface area contributed by atoms with E-state index >= 15 is 0 Å². The van der Waals surface area contributed by atoms with Gasteiger partial charge in [0.25, 0.3) is 0 Å². The molecule has 5 nitrogen and oxygen atoms in total. The molecule has 2 aromatic heterocycles. The molecule has 0 aliphatic heterocycles. The smallest absolute Gasteiger partial charge is 0.226 e. The van der Waals surface area contributed by atoms with Crippen molar-refractivity contribution in [2.24, 2.45) is 0 Å². The highest BCUT2D eigenvalue weighted by atomic mass is 19.1. The molecule has 0 saturated heterocycles. The molecule has 0 bridgehead atoms. The maximum atomic E-state index is 13.2. The monoisotopic (exact) mass is 308 g/mol. The van der Waals surface area contributed by atoms with E-state index < -0.39 is 0 Å². The van der Waals surface area contributed by atoms with Crippen LogP contribution in [0.5, 0.6) is 5.88 Å². The van der Waals surface area contributed by atoms with Crippen LogP contribution < -0.4 is 4.74 Å². The lowest BCUT2D eigenvalue weighted by atomic mass is 10.1. The summed E-state index contributed by atoms with van der Waals surface area (Å²) in [7, 11) is 0. The maximum Gasteiger partial charge on any atom is 0.226 e. The molecule has 1 aromatic carbocycles. The third-order valence-corrected chi connectivity index (χ3v) is 3.31. The molecular weight excluding hydrogens is 295 g/mol. The van der Waals surface area contributed by atoms with Gasteiger partial charge in [-0.05, 0) is 29.7 Å². The molecule has 3 aromatic rings. The highest BCUT2D eigenvalue weighted by Gasteiger charge is 2.11. The Morgan fingerprint density at radius 2 is 2.26 bits per heavy atom. The van der Waals surface area contributed by atoms with Gasteiger partial charge < -0.3 is 9.72 Å². The molecule has 2 heterocycles. The molecule has 3 rings (SSSR count). The molecule has 0 saturated carbocycles. The van der Waals surface area contributed by atoms with Gasteiger partial charge in [-0.25, -0.2) is 14.4 Å². The lowest BCUT2D eigenvalue weighted by Gasteiger charge is -2.07. The molecular formula is C17H13FN4O. The van der Waals surface area contributed by atoms with Crippen LogP contribution in [0, 0.1) is 17.1 Å². The molecule has 0 aliphatic carbocycles. The summed E-state index contributed by atoms with van der Waals surface area (Å²) in [4.78, 5) is 11.4. The lowest BCUT2D eigenvalue weighted by Crippen LogP contribution is -1.99. The molecule has 6 heteroatoms. The van der Waals surface area contributed by atoms with Crippen LogP contribution in [0.3, 0.4) is 0 Å². The fourth-order valence-electron chi connectivity index (χ4n) is 2.28. The minimum absolute atomic E-state index is 0.211. The molecule has 0 atom stereocenters. The number of halogens is 1. The molecule has 1 N–H and O–H groups in total. The number of H-pyrrole nitrogens is 1. The summed E-state index contributed by atoms with van der Waals surface area (Å²) >= 11 is 0. The maximum absolute atomic E-state index is 13.2. The zero-order valence-electron chi connectivity index (χ0n) is 12.2. The van der Waals surface area contributed by atoms with Crippen LogP contribution >= 0.6 is 0 Å². The zero-order chi connectivity index (χ0) is 16.1. The first-order valence-electron chi connectivity index (χ1n) is 7.01. The SMILES string of the molecule is N#C/C=C\Cc1c[nH]c2ncnc(OCc3cccc(F)c3)c12. The number of nitriles is 1. The molecule has 23 heavy (non-hydrogen) atoms. The van der Waals surface area contributed by atoms with Crippen LogP contribution in [0.1, 0.15) is 11.1 Å². The van der Waals surface area contributed by atoms with E-state index in [4.69, 9.17) is 10.00 Å². The van der Waals surface area contributed by atoms with Crippen LogP contribution in [0.4, 0.5) is 4.39 Å². The van der Waals surface area contributed by atoms with Crippen molar-refractivity contribution in [2.45, 2.75) is 13.0 Å². The van der Waals surface area contributed by atoms with Gasteiger partial charge in [0.05, 0.1) is 11.5 Å². The standard InChI is InChI=1S/C17H13FN4O/c18-14-6-3-4-12(8-14)10-23-17-15-13(5-1-2-7-19)9-20-16(15)21-11-22-17/h1-4,6,8-9,11H,5,10H2,(H,20,21,22)/b2-1-. The third-order valence-electron chi connectivity index (χ3n) is 3.31. The van der Waals surface area contributed by atoms with E-state index in [0.717, 1.165) is 16.5 Å². The van der Waals surface area contributed by atoms with Crippen LogP contribution in [0.25, 0.3) is 11.0 Å². The topological polar surface area (TPSA) is 74.6 Å². The van der Waals surface area contributed by atoms with Crippen molar-refractivity contribution < 1.29 is 9.13 Å². The number of nitrogens with one attached hydrogen (secondary N) is 1. The average molecular weight is 308 g/mol. The Hall–Kier alpha value is -3.20. The molecule has 0 spiro atoms. The Labute approximate surface area is 132 Å². The van der Waals surface area contributed by atoms with E-state index in [1.165, 1.54) is 24.5 Å². The number of aromatic nitrogens is 3. The van der Waals surface area contributed by atoms with Crippen molar-refractivity contribution in [3.63, 3.8) is 0 Å². The Morgan fingerprint density at radius 1 is 1.35 bits per heavy atom. The van der Waals surface area contributed by atoms with E-state index in [0.29, 0.717) is 17.9 Å². The molecule has 0 radical (unpaired) electrons. The van der Waals surface area contributed by atoms with Crippen molar-refractivity contribution in [3.8, 4) is 11.9 Å². The van der Waals surface area contributed by atoms with Crippen molar-refractivity contribution >= 4 is 11.0 Å². The van der Waals surface area contributed by atoms with Crippen LogP contribution in [0.15, 0.2) is 48.9 Å². The van der Waals surface area contributed by atoms with Crippen LogP contribution in [-0.2, 0) is 13.0 Å². The van der Waals surface area contributed by atoms with Crippen LogP contribution in [-0.4, -0.2) is 15.0 Å². The van der Waals surface area contributed by atoms with Gasteiger partial charge in [-0.2, -0.15) is 5.26 Å². The van der Waals surface area contributed by atoms with Crippen molar-refractivity contribution in [1.29, 1.82) is 5.26 Å². The fourth-order valence-corrected chi connectivity index (χ4v) is 2.28. The summed E-state index contributed by atoms with van der Waals surface area (Å²) < 4.78 is 19.0. The first kappa shape index (κ1) is 14.7. The lowest BCUT2D eigenvalue weighted by molar-refractivity contribution is 0.297. The minimum atomic E-state index is -0.303. The number of allylic oxidation sites excluding steroid dienone is 2. The molecule has 0 amide bonds. The second kappa shape index (κ2) is 6.71. The first-order valence-corrected chi connectivity index (χ1v) is 7.01. The Kier molecular flexibility index (Phi) is 4.29. The van der Waals surface area contributed by atoms with Crippen molar-refractivity contribution in [3.05, 3.63) is 65.9 Å². The predicted molar refractivity (Wildman–Crippen MR) is 83.1 cm³/mol. The number of rotatable bonds is 5. The number of aromatic amines is 1. The minimum Gasteiger partial charge on any atom is -0.472 e. The number of nitrogens with zero attached hydrogens (tertiary/aromatic N) is 3. The molecule has 0 unspecified atom stereocenters. The zero-order valence-corrected chi connectivity index (χ0v) is 12.2. The summed E-state index contributed by atoms with van der Waals surface area (Å²) in [5.41, 5.74) is 2.31. The highest BCUT2D eigenvalue weighted by molar-refractivity contribution is 5.84. The van der Waals surface area contributed by atoms with Gasteiger partial charge in [-0.1, -0.05) is 18.2 Å². The number of fused-ring (bicyclic) bond motifs is 1. The third kappa shape index (κ3) is 3.35. The molecule has 0 fully saturated rings. The number of ether oxygens (including phenoxy) is 1. The highest BCUT2D eigenvalue weighted by Crippen LogP contribution is 2.26. The van der Waals surface area contributed by atoms with E-state index in [2.05, 4.69) is 15.0 Å². The van der Waals surface area contributed by atoms with Gasteiger partial charge in [-0.15, -0.1) is 0 Å². The van der Waals surface area contributed by atoms with E-state index in [1.807, 2.05) is 12.3 Å². The summed E-state index contributed by atoms with van der Waals surface area (Å²) in [5, 5.41) is 9.34. The second-order valence-electron chi connectivity index (χ2n) is 4.87. The number of hydrogen-bond donors (Lipinski definition) is 1. The number of benzene rings is 1. The second-order valence-corrected chi connectivity index (χ2v) is 4.87. The van der Waals surface area contributed by atoms with Crippen LogP contribution in [0.2, 0.25) is 0 Å². The molecule has 114 valence electrons. The predicted octanol–water partition coefficient (Wildman–Crippen LogP) is 3.30. The first-order chi connectivity index (χ1) is 11.3. The Balaban J connectivity index is 1.86. The van der Waals surface area contributed by atoms with Crippen molar-refractivity contribution in [2.75, 3.05) is 0 Å². The molecule has 0 aliphatic rings. The van der Waals surface area contributed by atoms with Gasteiger partial charge in [0.15, 0.2) is 0 Å². The van der Waals surface area contributed by atoms with E-state index in [1.54, 1.807) is 18.2 Å². The Bertz CT molecular complexity index is 895. The summed E-state index contributed by atoms with van der Waals surface area (Å²) in [5.74, 6) is 0.128. The average Bonchev–Trinajstić information content (AvgIpc) is 2.97. The van der Waals surface area contributed by atoms with Gasteiger partial charge in [0, 0.05) is 12.3 Å². The van der Waals surface area contributed by atoms with E-state index in [9.17, 15) is 4.39 Å². The quantitative estimate of drug-likeness (QED) is 0.734. The normalized spacial score (nSPS) is 11.0. The largest absolute Gasteiger partial charge is 0.472 e. The van der Waals surface area contributed by atoms with Gasteiger partial charge >= 0.3 is 0 Å². The summed E-state index contributed by atoms with van der Waals surface area (Å²) in [6.07, 6.45) is 6.98. The summed E-state index contributed by atoms with van der Waals surface area (Å²) in [6, 6.07) is 8.19. The Morgan fingerprint density at radius 3 is 3.09 bits per heavy atom. The summed E-state index contributed by atoms with van der Waals surface area (Å²) in [6.45, 7) is 0.211. The van der Waals surface area contributed by atoms with Gasteiger partial charge in [0.2, 0.25) is 5.88 Å². The van der Waals surface area contributed by atoms with Crippen molar-refractivity contribution in [1.82, 2.24) is 15.0 Å². The fraction of sp³-hybridized carbons (Fsp3) is 0.118.